The van der Waals surface area contributed by atoms with Gasteiger partial charge in [-0.25, -0.2) is 0 Å². The number of hydrogen-bond donors (Lipinski definition) is 1. The number of carbonyl (C=O) groups excluding carboxylic acids is 1. The second kappa shape index (κ2) is 8.14. The Balaban J connectivity index is 2.49. The molecule has 2 rings (SSSR count). The van der Waals surface area contributed by atoms with E-state index in [4.69, 9.17) is 0 Å². The highest BCUT2D eigenvalue weighted by molar-refractivity contribution is 5.96. The number of aryl methyl sites for hydroxylation is 1. The van der Waals surface area contributed by atoms with Crippen LogP contribution in [-0.2, 0) is 6.42 Å². The first-order valence-corrected chi connectivity index (χ1v) is 8.11. The number of amides is 1. The van der Waals surface area contributed by atoms with Gasteiger partial charge in [-0.05, 0) is 47.7 Å². The lowest BCUT2D eigenvalue weighted by molar-refractivity contribution is 0.0953. The molecule has 0 heterocycles. The normalized spacial score (nSPS) is 10.1. The molecule has 0 aliphatic rings. The van der Waals surface area contributed by atoms with Gasteiger partial charge in [-0.1, -0.05) is 44.5 Å². The number of nitrogens with one attached hydrogen (secondary N) is 1. The molecule has 3 heteroatoms. The van der Waals surface area contributed by atoms with Crippen molar-refractivity contribution in [1.82, 2.24) is 5.32 Å². The summed E-state index contributed by atoms with van der Waals surface area (Å²) in [7, 11) is 0. The van der Waals surface area contributed by atoms with Crippen molar-refractivity contribution in [2.75, 3.05) is 6.54 Å². The topological polar surface area (TPSA) is 52.9 Å². The van der Waals surface area contributed by atoms with Gasteiger partial charge >= 0.3 is 0 Å². The highest BCUT2D eigenvalue weighted by Gasteiger charge is 2.11. The molecule has 0 unspecified atom stereocenters. The molecule has 2 aromatic carbocycles. The third-order valence-electron chi connectivity index (χ3n) is 3.69. The van der Waals surface area contributed by atoms with Gasteiger partial charge in [0.15, 0.2) is 0 Å². The maximum absolute atomic E-state index is 12.3. The Morgan fingerprint density at radius 3 is 2.61 bits per heavy atom. The number of benzene rings is 2. The molecule has 0 saturated heterocycles. The molecule has 0 bridgehead atoms. The van der Waals surface area contributed by atoms with Crippen molar-refractivity contribution in [2.24, 2.45) is 0 Å². The van der Waals surface area contributed by atoms with E-state index in [0.29, 0.717) is 17.7 Å². The third-order valence-corrected chi connectivity index (χ3v) is 3.69. The molecule has 23 heavy (non-hydrogen) atoms. The predicted octanol–water partition coefficient (Wildman–Crippen LogP) is 4.32. The number of hydrogen-bond acceptors (Lipinski definition) is 2. The van der Waals surface area contributed by atoms with E-state index in [1.54, 1.807) is 6.07 Å². The fraction of sp³-hybridized carbons (Fsp3) is 0.300. The van der Waals surface area contributed by atoms with Crippen LogP contribution < -0.4 is 5.32 Å². The van der Waals surface area contributed by atoms with Crippen LogP contribution in [0.2, 0.25) is 0 Å². The molecule has 1 amide bonds. The monoisotopic (exact) mass is 306 g/mol. The Hall–Kier alpha value is -2.60. The molecule has 0 aliphatic carbocycles. The maximum atomic E-state index is 12.3. The van der Waals surface area contributed by atoms with Gasteiger partial charge in [-0.3, -0.25) is 4.79 Å². The van der Waals surface area contributed by atoms with E-state index in [-0.39, 0.29) is 5.91 Å². The van der Waals surface area contributed by atoms with Gasteiger partial charge in [-0.2, -0.15) is 5.26 Å². The van der Waals surface area contributed by atoms with Gasteiger partial charge in [0.2, 0.25) is 0 Å². The maximum Gasteiger partial charge on any atom is 0.251 e. The largest absolute Gasteiger partial charge is 0.352 e. The van der Waals surface area contributed by atoms with Crippen molar-refractivity contribution in [3.63, 3.8) is 0 Å². The van der Waals surface area contributed by atoms with Gasteiger partial charge in [-0.15, -0.1) is 0 Å². The molecule has 0 atom stereocenters. The van der Waals surface area contributed by atoms with Crippen molar-refractivity contribution in [2.45, 2.75) is 33.1 Å². The lowest BCUT2D eigenvalue weighted by Gasteiger charge is -2.11. The van der Waals surface area contributed by atoms with E-state index in [2.05, 4.69) is 24.4 Å². The minimum Gasteiger partial charge on any atom is -0.352 e. The molecule has 0 aliphatic heterocycles. The van der Waals surface area contributed by atoms with Crippen LogP contribution in [0.3, 0.4) is 0 Å². The Morgan fingerprint density at radius 1 is 1.13 bits per heavy atom. The standard InChI is InChI=1S/C20H22N2O/c1-3-7-15-11-17(19-9-6-5-8-16(19)14-21)13-18(12-15)20(23)22-10-4-2/h5-6,8-9,11-13H,3-4,7,10H2,1-2H3,(H,22,23). The first-order valence-electron chi connectivity index (χ1n) is 8.11. The van der Waals surface area contributed by atoms with Crippen molar-refractivity contribution in [1.29, 1.82) is 5.26 Å². The number of rotatable bonds is 6. The van der Waals surface area contributed by atoms with E-state index in [1.165, 1.54) is 0 Å². The summed E-state index contributed by atoms with van der Waals surface area (Å²) in [5.74, 6) is -0.0551. The summed E-state index contributed by atoms with van der Waals surface area (Å²) >= 11 is 0. The second-order valence-corrected chi connectivity index (χ2v) is 5.58. The summed E-state index contributed by atoms with van der Waals surface area (Å²) < 4.78 is 0. The first-order chi connectivity index (χ1) is 11.2. The van der Waals surface area contributed by atoms with Crippen LogP contribution in [0.5, 0.6) is 0 Å². The van der Waals surface area contributed by atoms with Crippen LogP contribution in [0.25, 0.3) is 11.1 Å². The minimum absolute atomic E-state index is 0.0551. The van der Waals surface area contributed by atoms with Crippen molar-refractivity contribution < 1.29 is 4.79 Å². The number of nitriles is 1. The van der Waals surface area contributed by atoms with E-state index in [1.807, 2.05) is 37.3 Å². The van der Waals surface area contributed by atoms with Gasteiger partial charge in [0.1, 0.15) is 0 Å². The smallest absolute Gasteiger partial charge is 0.251 e. The molecule has 0 fully saturated rings. The average Bonchev–Trinajstić information content (AvgIpc) is 2.59. The lowest BCUT2D eigenvalue weighted by atomic mass is 9.95. The van der Waals surface area contributed by atoms with Gasteiger partial charge in [0, 0.05) is 12.1 Å². The van der Waals surface area contributed by atoms with E-state index < -0.39 is 0 Å². The minimum atomic E-state index is -0.0551. The third kappa shape index (κ3) is 4.20. The highest BCUT2D eigenvalue weighted by Crippen LogP contribution is 2.26. The van der Waals surface area contributed by atoms with Crippen LogP contribution in [0.15, 0.2) is 42.5 Å². The molecule has 118 valence electrons. The fourth-order valence-electron chi connectivity index (χ4n) is 2.58. The van der Waals surface area contributed by atoms with E-state index in [9.17, 15) is 10.1 Å². The lowest BCUT2D eigenvalue weighted by Crippen LogP contribution is -2.24. The summed E-state index contributed by atoms with van der Waals surface area (Å²) in [4.78, 5) is 12.3. The Kier molecular flexibility index (Phi) is 5.94. The van der Waals surface area contributed by atoms with Crippen LogP contribution in [0, 0.1) is 11.3 Å². The molecule has 0 spiro atoms. The molecule has 2 aromatic rings. The zero-order chi connectivity index (χ0) is 16.7. The summed E-state index contributed by atoms with van der Waals surface area (Å²) in [6.45, 7) is 4.82. The zero-order valence-corrected chi connectivity index (χ0v) is 13.7. The zero-order valence-electron chi connectivity index (χ0n) is 13.7. The second-order valence-electron chi connectivity index (χ2n) is 5.58. The van der Waals surface area contributed by atoms with Crippen LogP contribution in [0.1, 0.15) is 48.2 Å². The Bertz CT molecular complexity index is 729. The summed E-state index contributed by atoms with van der Waals surface area (Å²) in [6, 6.07) is 15.6. The van der Waals surface area contributed by atoms with Crippen molar-refractivity contribution in [3.05, 3.63) is 59.2 Å². The van der Waals surface area contributed by atoms with Crippen molar-refractivity contribution in [3.8, 4) is 17.2 Å². The molecule has 0 radical (unpaired) electrons. The quantitative estimate of drug-likeness (QED) is 0.864. The molecule has 3 nitrogen and oxygen atoms in total. The van der Waals surface area contributed by atoms with Gasteiger partial charge in [0.25, 0.3) is 5.91 Å². The van der Waals surface area contributed by atoms with Gasteiger partial charge in [0.05, 0.1) is 11.6 Å². The average molecular weight is 306 g/mol. The van der Waals surface area contributed by atoms with Crippen LogP contribution >= 0.6 is 0 Å². The molecule has 1 N–H and O–H groups in total. The van der Waals surface area contributed by atoms with Crippen LogP contribution in [-0.4, -0.2) is 12.5 Å². The fourth-order valence-corrected chi connectivity index (χ4v) is 2.58. The number of nitrogens with zero attached hydrogens (tertiary/aromatic N) is 1. The van der Waals surface area contributed by atoms with Crippen LogP contribution in [0.4, 0.5) is 0 Å². The Labute approximate surface area is 138 Å². The van der Waals surface area contributed by atoms with E-state index in [0.717, 1.165) is 36.0 Å². The van der Waals surface area contributed by atoms with E-state index >= 15 is 0 Å². The summed E-state index contributed by atoms with van der Waals surface area (Å²) in [6.07, 6.45) is 2.83. The first kappa shape index (κ1) is 16.8. The SMILES string of the molecule is CCCNC(=O)c1cc(CCC)cc(-c2ccccc2C#N)c1. The Morgan fingerprint density at radius 2 is 1.91 bits per heavy atom. The molecule has 0 aromatic heterocycles. The number of carbonyl (C=O) groups is 1. The summed E-state index contributed by atoms with van der Waals surface area (Å²) in [5.41, 5.74) is 4.21. The predicted molar refractivity (Wildman–Crippen MR) is 93.2 cm³/mol. The molecular formula is C20H22N2O. The highest BCUT2D eigenvalue weighted by atomic mass is 16.1. The molecule has 0 saturated carbocycles. The molecular weight excluding hydrogens is 284 g/mol. The summed E-state index contributed by atoms with van der Waals surface area (Å²) in [5, 5.41) is 12.2. The van der Waals surface area contributed by atoms with Crippen molar-refractivity contribution >= 4 is 5.91 Å². The van der Waals surface area contributed by atoms with Gasteiger partial charge < -0.3 is 5.32 Å².